The first-order chi connectivity index (χ1) is 6.69. The van der Waals surface area contributed by atoms with Gasteiger partial charge in [-0.2, -0.15) is 0 Å². The fourth-order valence-electron chi connectivity index (χ4n) is 1.10. The summed E-state index contributed by atoms with van der Waals surface area (Å²) < 4.78 is 0. The lowest BCUT2D eigenvalue weighted by Gasteiger charge is -2.13. The van der Waals surface area contributed by atoms with Crippen molar-refractivity contribution < 1.29 is 0 Å². The van der Waals surface area contributed by atoms with Gasteiger partial charge >= 0.3 is 0 Å². The molecule has 1 aromatic heterocycles. The van der Waals surface area contributed by atoms with E-state index >= 15 is 0 Å². The Morgan fingerprint density at radius 2 is 2.36 bits per heavy atom. The van der Waals surface area contributed by atoms with Crippen LogP contribution in [0.15, 0.2) is 19.0 Å². The molecule has 4 heteroatoms. The van der Waals surface area contributed by atoms with Crippen LogP contribution in [0.4, 0.5) is 5.82 Å². The lowest BCUT2D eigenvalue weighted by atomic mass is 10.2. The van der Waals surface area contributed by atoms with Gasteiger partial charge in [-0.25, -0.2) is 9.97 Å². The molecule has 0 amide bonds. The number of aromatic nitrogens is 2. The summed E-state index contributed by atoms with van der Waals surface area (Å²) in [6.07, 6.45) is 4.08. The van der Waals surface area contributed by atoms with Gasteiger partial charge in [0.2, 0.25) is 0 Å². The molecule has 3 nitrogen and oxygen atoms in total. The Bertz CT molecular complexity index is 325. The van der Waals surface area contributed by atoms with Gasteiger partial charge in [0.05, 0.1) is 0 Å². The van der Waals surface area contributed by atoms with Crippen molar-refractivity contribution in [1.29, 1.82) is 0 Å². The number of anilines is 1. The SMILES string of the molecule is C=CC(C)Nc1ncnc(Cl)c1CC. The maximum atomic E-state index is 5.94. The van der Waals surface area contributed by atoms with E-state index in [2.05, 4.69) is 21.9 Å². The number of rotatable bonds is 4. The molecule has 0 aliphatic carbocycles. The lowest BCUT2D eigenvalue weighted by Crippen LogP contribution is -2.14. The zero-order valence-electron chi connectivity index (χ0n) is 8.42. The molecule has 14 heavy (non-hydrogen) atoms. The summed E-state index contributed by atoms with van der Waals surface area (Å²) in [5.74, 6) is 0.792. The Kier molecular flexibility index (Phi) is 3.89. The molecule has 0 spiro atoms. The summed E-state index contributed by atoms with van der Waals surface area (Å²) in [6.45, 7) is 7.72. The smallest absolute Gasteiger partial charge is 0.137 e. The minimum atomic E-state index is 0.172. The Morgan fingerprint density at radius 1 is 1.64 bits per heavy atom. The van der Waals surface area contributed by atoms with Crippen molar-refractivity contribution >= 4 is 17.4 Å². The van der Waals surface area contributed by atoms with Gasteiger partial charge in [0.25, 0.3) is 0 Å². The van der Waals surface area contributed by atoms with Gasteiger partial charge in [0.1, 0.15) is 17.3 Å². The highest BCUT2D eigenvalue weighted by atomic mass is 35.5. The third-order valence-corrected chi connectivity index (χ3v) is 2.29. The second-order valence-corrected chi connectivity index (χ2v) is 3.37. The van der Waals surface area contributed by atoms with Crippen molar-refractivity contribution in [3.8, 4) is 0 Å². The van der Waals surface area contributed by atoms with E-state index in [0.29, 0.717) is 5.15 Å². The Balaban J connectivity index is 2.95. The average molecular weight is 212 g/mol. The Hall–Kier alpha value is -1.09. The largest absolute Gasteiger partial charge is 0.364 e. The molecule has 1 unspecified atom stereocenters. The van der Waals surface area contributed by atoms with E-state index in [4.69, 9.17) is 11.6 Å². The molecule has 76 valence electrons. The van der Waals surface area contributed by atoms with Gasteiger partial charge in [-0.1, -0.05) is 24.6 Å². The van der Waals surface area contributed by atoms with Crippen LogP contribution < -0.4 is 5.32 Å². The van der Waals surface area contributed by atoms with Gasteiger partial charge in [0, 0.05) is 11.6 Å². The van der Waals surface area contributed by atoms with Crippen LogP contribution in [-0.2, 0) is 6.42 Å². The molecule has 1 atom stereocenters. The van der Waals surface area contributed by atoms with Gasteiger partial charge in [0.15, 0.2) is 0 Å². The molecule has 0 saturated carbocycles. The number of nitrogens with zero attached hydrogens (tertiary/aromatic N) is 2. The minimum Gasteiger partial charge on any atom is -0.364 e. The monoisotopic (exact) mass is 211 g/mol. The highest BCUT2D eigenvalue weighted by Crippen LogP contribution is 2.20. The fourth-order valence-corrected chi connectivity index (χ4v) is 1.37. The topological polar surface area (TPSA) is 37.8 Å². The molecule has 1 heterocycles. The van der Waals surface area contributed by atoms with Crippen molar-refractivity contribution in [3.05, 3.63) is 29.7 Å². The summed E-state index contributed by atoms with van der Waals surface area (Å²) in [5, 5.41) is 3.71. The first-order valence-electron chi connectivity index (χ1n) is 4.57. The highest BCUT2D eigenvalue weighted by Gasteiger charge is 2.08. The number of hydrogen-bond donors (Lipinski definition) is 1. The molecule has 0 aromatic carbocycles. The summed E-state index contributed by atoms with van der Waals surface area (Å²) in [5.41, 5.74) is 0.947. The van der Waals surface area contributed by atoms with Crippen LogP contribution in [0.2, 0.25) is 5.15 Å². The number of nitrogens with one attached hydrogen (secondary N) is 1. The second-order valence-electron chi connectivity index (χ2n) is 3.01. The van der Waals surface area contributed by atoms with Crippen LogP contribution >= 0.6 is 11.6 Å². The Labute approximate surface area is 89.2 Å². The normalized spacial score (nSPS) is 12.2. The standard InChI is InChI=1S/C10H14ClN3/c1-4-7(3)14-10-8(5-2)9(11)12-6-13-10/h4,6-7H,1,5H2,2-3H3,(H,12,13,14). The molecular weight excluding hydrogens is 198 g/mol. The molecule has 0 fully saturated rings. The second kappa shape index (κ2) is 4.96. The molecule has 1 N–H and O–H groups in total. The van der Waals surface area contributed by atoms with Crippen LogP contribution in [0.25, 0.3) is 0 Å². The van der Waals surface area contributed by atoms with Crippen LogP contribution in [0.3, 0.4) is 0 Å². The maximum absolute atomic E-state index is 5.94. The molecular formula is C10H14ClN3. The molecule has 0 aliphatic heterocycles. The first kappa shape index (κ1) is 11.0. The third kappa shape index (κ3) is 2.45. The van der Waals surface area contributed by atoms with E-state index in [-0.39, 0.29) is 6.04 Å². The number of hydrogen-bond acceptors (Lipinski definition) is 3. The molecule has 0 bridgehead atoms. The third-order valence-electron chi connectivity index (χ3n) is 1.96. The summed E-state index contributed by atoms with van der Waals surface area (Å²) in [7, 11) is 0. The maximum Gasteiger partial charge on any atom is 0.137 e. The van der Waals surface area contributed by atoms with Crippen LogP contribution in [0.5, 0.6) is 0 Å². The molecule has 0 aliphatic rings. The van der Waals surface area contributed by atoms with E-state index in [1.165, 1.54) is 6.33 Å². The molecule has 1 rings (SSSR count). The molecule has 0 saturated heterocycles. The van der Waals surface area contributed by atoms with Crippen molar-refractivity contribution in [2.45, 2.75) is 26.3 Å². The molecule has 0 radical (unpaired) electrons. The van der Waals surface area contributed by atoms with Crippen molar-refractivity contribution in [2.24, 2.45) is 0 Å². The summed E-state index contributed by atoms with van der Waals surface area (Å²) in [4.78, 5) is 8.08. The molecule has 1 aromatic rings. The van der Waals surface area contributed by atoms with Crippen LogP contribution in [-0.4, -0.2) is 16.0 Å². The van der Waals surface area contributed by atoms with E-state index in [9.17, 15) is 0 Å². The van der Waals surface area contributed by atoms with E-state index < -0.39 is 0 Å². The van der Waals surface area contributed by atoms with Crippen LogP contribution in [0.1, 0.15) is 19.4 Å². The predicted molar refractivity (Wildman–Crippen MR) is 59.7 cm³/mol. The Morgan fingerprint density at radius 3 is 2.93 bits per heavy atom. The van der Waals surface area contributed by atoms with Crippen molar-refractivity contribution in [3.63, 3.8) is 0 Å². The average Bonchev–Trinajstić information content (AvgIpc) is 2.18. The summed E-state index contributed by atoms with van der Waals surface area (Å²) >= 11 is 5.94. The van der Waals surface area contributed by atoms with Crippen molar-refractivity contribution in [1.82, 2.24) is 9.97 Å². The summed E-state index contributed by atoms with van der Waals surface area (Å²) in [6, 6.07) is 0.172. The van der Waals surface area contributed by atoms with E-state index in [1.807, 2.05) is 19.9 Å². The zero-order chi connectivity index (χ0) is 10.6. The zero-order valence-corrected chi connectivity index (χ0v) is 9.17. The first-order valence-corrected chi connectivity index (χ1v) is 4.95. The van der Waals surface area contributed by atoms with Gasteiger partial charge in [-0.3, -0.25) is 0 Å². The predicted octanol–water partition coefficient (Wildman–Crippen LogP) is 2.68. The quantitative estimate of drug-likeness (QED) is 0.615. The van der Waals surface area contributed by atoms with E-state index in [0.717, 1.165) is 17.8 Å². The van der Waals surface area contributed by atoms with Gasteiger partial charge < -0.3 is 5.32 Å². The van der Waals surface area contributed by atoms with Gasteiger partial charge in [-0.05, 0) is 13.3 Å². The van der Waals surface area contributed by atoms with Crippen molar-refractivity contribution in [2.75, 3.05) is 5.32 Å². The van der Waals surface area contributed by atoms with Crippen LogP contribution in [0, 0.1) is 0 Å². The lowest BCUT2D eigenvalue weighted by molar-refractivity contribution is 0.951. The number of halogens is 1. The highest BCUT2D eigenvalue weighted by molar-refractivity contribution is 6.30. The van der Waals surface area contributed by atoms with E-state index in [1.54, 1.807) is 0 Å². The van der Waals surface area contributed by atoms with Gasteiger partial charge in [-0.15, -0.1) is 6.58 Å². The fraction of sp³-hybridized carbons (Fsp3) is 0.400. The minimum absolute atomic E-state index is 0.172.